The number of amides is 1. The standard InChI is InChI=1S/C27H34N6O4/c1-17-24-18(14-31(5)30-24)13-20(25(17)36-16-35-6)21-7-8-22-23(28-21)15-33(29-22)19-9-11-32(12-10-19)26(34)37-27(2,3)4/h7-8,13-15,19H,9-12,16H2,1-6H3. The van der Waals surface area contributed by atoms with Crippen molar-refractivity contribution in [3.05, 3.63) is 36.2 Å². The van der Waals surface area contributed by atoms with Crippen LogP contribution in [0.15, 0.2) is 30.6 Å². The maximum absolute atomic E-state index is 12.4. The van der Waals surface area contributed by atoms with E-state index in [1.807, 2.05) is 64.0 Å². The fourth-order valence-corrected chi connectivity index (χ4v) is 4.83. The summed E-state index contributed by atoms with van der Waals surface area (Å²) in [5, 5.41) is 10.4. The van der Waals surface area contributed by atoms with E-state index in [0.29, 0.717) is 18.8 Å². The predicted octanol–water partition coefficient (Wildman–Crippen LogP) is 4.85. The first-order valence-corrected chi connectivity index (χ1v) is 12.6. The van der Waals surface area contributed by atoms with Crippen molar-refractivity contribution in [3.8, 4) is 17.0 Å². The van der Waals surface area contributed by atoms with Gasteiger partial charge in [-0.25, -0.2) is 9.78 Å². The zero-order valence-electron chi connectivity index (χ0n) is 22.3. The summed E-state index contributed by atoms with van der Waals surface area (Å²) in [6.45, 7) is 9.07. The van der Waals surface area contributed by atoms with E-state index in [9.17, 15) is 4.79 Å². The van der Waals surface area contributed by atoms with Crippen LogP contribution >= 0.6 is 0 Å². The van der Waals surface area contributed by atoms with Gasteiger partial charge in [0.05, 0.1) is 23.4 Å². The van der Waals surface area contributed by atoms with E-state index in [4.69, 9.17) is 24.3 Å². The van der Waals surface area contributed by atoms with E-state index in [2.05, 4.69) is 11.2 Å². The highest BCUT2D eigenvalue weighted by molar-refractivity contribution is 5.91. The number of likely N-dealkylation sites (tertiary alicyclic amines) is 1. The monoisotopic (exact) mass is 506 g/mol. The van der Waals surface area contributed by atoms with Crippen LogP contribution in [-0.4, -0.2) is 68.1 Å². The summed E-state index contributed by atoms with van der Waals surface area (Å²) < 4.78 is 20.5. The molecular weight excluding hydrogens is 472 g/mol. The molecule has 0 N–H and O–H groups in total. The highest BCUT2D eigenvalue weighted by Gasteiger charge is 2.28. The van der Waals surface area contributed by atoms with E-state index in [0.717, 1.165) is 51.6 Å². The summed E-state index contributed by atoms with van der Waals surface area (Å²) in [4.78, 5) is 19.1. The van der Waals surface area contributed by atoms with E-state index in [1.165, 1.54) is 0 Å². The lowest BCUT2D eigenvalue weighted by molar-refractivity contribution is 0.0185. The Morgan fingerprint density at radius 3 is 2.57 bits per heavy atom. The lowest BCUT2D eigenvalue weighted by atomic mass is 10.0. The zero-order chi connectivity index (χ0) is 26.3. The molecule has 0 spiro atoms. The van der Waals surface area contributed by atoms with Crippen LogP contribution in [0, 0.1) is 6.92 Å². The molecule has 0 aliphatic carbocycles. The highest BCUT2D eigenvalue weighted by atomic mass is 16.7. The van der Waals surface area contributed by atoms with Crippen LogP contribution in [0.1, 0.15) is 45.2 Å². The number of fused-ring (bicyclic) bond motifs is 2. The number of carbonyl (C=O) groups excluding carboxylic acids is 1. The molecule has 4 aromatic rings. The van der Waals surface area contributed by atoms with E-state index in [-0.39, 0.29) is 18.9 Å². The minimum atomic E-state index is -0.494. The smallest absolute Gasteiger partial charge is 0.410 e. The quantitative estimate of drug-likeness (QED) is 0.357. The molecule has 196 valence electrons. The molecule has 0 bridgehead atoms. The molecule has 10 heteroatoms. The van der Waals surface area contributed by atoms with Gasteiger partial charge in [-0.1, -0.05) is 0 Å². The average molecular weight is 507 g/mol. The molecule has 0 saturated carbocycles. The molecule has 0 radical (unpaired) electrons. The van der Waals surface area contributed by atoms with Crippen molar-refractivity contribution in [2.45, 2.75) is 52.2 Å². The fourth-order valence-electron chi connectivity index (χ4n) is 4.83. The van der Waals surface area contributed by atoms with Gasteiger partial charge in [0.1, 0.15) is 22.4 Å². The molecule has 1 amide bonds. The molecule has 10 nitrogen and oxygen atoms in total. The van der Waals surface area contributed by atoms with Crippen molar-refractivity contribution < 1.29 is 19.0 Å². The number of methoxy groups -OCH3 is 1. The number of hydrogen-bond acceptors (Lipinski definition) is 7. The van der Waals surface area contributed by atoms with Gasteiger partial charge in [-0.05, 0) is 58.7 Å². The van der Waals surface area contributed by atoms with Crippen LogP contribution in [0.5, 0.6) is 5.75 Å². The van der Waals surface area contributed by atoms with Crippen molar-refractivity contribution in [1.29, 1.82) is 0 Å². The molecule has 1 saturated heterocycles. The Bertz CT molecular complexity index is 1440. The van der Waals surface area contributed by atoms with Gasteiger partial charge in [-0.2, -0.15) is 10.2 Å². The van der Waals surface area contributed by atoms with Gasteiger partial charge in [0, 0.05) is 50.0 Å². The first kappa shape index (κ1) is 25.0. The maximum atomic E-state index is 12.4. The number of ether oxygens (including phenoxy) is 3. The molecule has 4 heterocycles. The number of aromatic nitrogens is 5. The van der Waals surface area contributed by atoms with E-state index in [1.54, 1.807) is 16.7 Å². The summed E-state index contributed by atoms with van der Waals surface area (Å²) >= 11 is 0. The van der Waals surface area contributed by atoms with Crippen molar-refractivity contribution in [3.63, 3.8) is 0 Å². The molecule has 0 atom stereocenters. The van der Waals surface area contributed by atoms with Crippen LogP contribution in [0.4, 0.5) is 4.79 Å². The Kier molecular flexibility index (Phi) is 6.53. The second-order valence-corrected chi connectivity index (χ2v) is 10.6. The van der Waals surface area contributed by atoms with E-state index >= 15 is 0 Å². The molecule has 1 fully saturated rings. The molecule has 37 heavy (non-hydrogen) atoms. The van der Waals surface area contributed by atoms with Gasteiger partial charge >= 0.3 is 6.09 Å². The molecule has 3 aromatic heterocycles. The van der Waals surface area contributed by atoms with Crippen molar-refractivity contribution in [2.75, 3.05) is 27.0 Å². The van der Waals surface area contributed by atoms with Crippen molar-refractivity contribution in [2.24, 2.45) is 7.05 Å². The van der Waals surface area contributed by atoms with Gasteiger partial charge in [-0.3, -0.25) is 9.36 Å². The second kappa shape index (κ2) is 9.66. The third-order valence-electron chi connectivity index (χ3n) is 6.56. The summed E-state index contributed by atoms with van der Waals surface area (Å²) in [6, 6.07) is 6.23. The Morgan fingerprint density at radius 2 is 1.86 bits per heavy atom. The van der Waals surface area contributed by atoms with Gasteiger partial charge in [0.2, 0.25) is 0 Å². The Balaban J connectivity index is 1.41. The van der Waals surface area contributed by atoms with Crippen LogP contribution in [-0.2, 0) is 16.5 Å². The van der Waals surface area contributed by atoms with Crippen LogP contribution in [0.25, 0.3) is 33.2 Å². The molecule has 1 aliphatic heterocycles. The summed E-state index contributed by atoms with van der Waals surface area (Å²) in [5.74, 6) is 0.710. The zero-order valence-corrected chi connectivity index (χ0v) is 22.3. The topological polar surface area (TPSA) is 96.5 Å². The first-order chi connectivity index (χ1) is 17.6. The lowest BCUT2D eigenvalue weighted by Gasteiger charge is -2.33. The average Bonchev–Trinajstić information content (AvgIpc) is 3.45. The molecular formula is C27H34N6O4. The lowest BCUT2D eigenvalue weighted by Crippen LogP contribution is -2.42. The highest BCUT2D eigenvalue weighted by Crippen LogP contribution is 2.38. The normalized spacial score (nSPS) is 15.0. The number of benzene rings is 1. The van der Waals surface area contributed by atoms with E-state index < -0.39 is 5.60 Å². The van der Waals surface area contributed by atoms with Gasteiger partial charge < -0.3 is 19.1 Å². The predicted molar refractivity (Wildman–Crippen MR) is 141 cm³/mol. The summed E-state index contributed by atoms with van der Waals surface area (Å²) in [5.41, 5.74) is 4.67. The fraction of sp³-hybridized carbons (Fsp3) is 0.481. The number of rotatable bonds is 5. The van der Waals surface area contributed by atoms with Gasteiger partial charge in [0.15, 0.2) is 6.79 Å². The van der Waals surface area contributed by atoms with Gasteiger partial charge in [-0.15, -0.1) is 0 Å². The number of carbonyl (C=O) groups is 1. The molecule has 1 aliphatic rings. The third kappa shape index (κ3) is 5.11. The largest absolute Gasteiger partial charge is 0.466 e. The third-order valence-corrected chi connectivity index (χ3v) is 6.56. The molecule has 0 unspecified atom stereocenters. The van der Waals surface area contributed by atoms with Crippen LogP contribution in [0.3, 0.4) is 0 Å². The first-order valence-electron chi connectivity index (χ1n) is 12.6. The minimum Gasteiger partial charge on any atom is -0.466 e. The minimum absolute atomic E-state index is 0.133. The van der Waals surface area contributed by atoms with Crippen molar-refractivity contribution >= 4 is 28.0 Å². The summed E-state index contributed by atoms with van der Waals surface area (Å²) in [7, 11) is 3.51. The Labute approximate surface area is 216 Å². The second-order valence-electron chi connectivity index (χ2n) is 10.6. The number of piperidine rings is 1. The van der Waals surface area contributed by atoms with Crippen LogP contribution in [0.2, 0.25) is 0 Å². The number of nitrogens with zero attached hydrogens (tertiary/aromatic N) is 6. The summed E-state index contributed by atoms with van der Waals surface area (Å²) in [6.07, 6.45) is 5.36. The van der Waals surface area contributed by atoms with Gasteiger partial charge in [0.25, 0.3) is 0 Å². The Morgan fingerprint density at radius 1 is 1.11 bits per heavy atom. The maximum Gasteiger partial charge on any atom is 0.410 e. The Hall–Kier alpha value is -3.66. The number of pyridine rings is 1. The molecule has 1 aromatic carbocycles. The van der Waals surface area contributed by atoms with Crippen molar-refractivity contribution in [1.82, 2.24) is 29.4 Å². The SMILES string of the molecule is COCOc1c(-c2ccc3nn(C4CCN(C(=O)OC(C)(C)C)CC4)cc3n2)cc2cn(C)nc2c1C. The number of aryl methyl sites for hydroxylation is 2. The van der Waals surface area contributed by atoms with Crippen LogP contribution < -0.4 is 4.74 Å². The molecule has 5 rings (SSSR count). The number of hydrogen-bond donors (Lipinski definition) is 0.